The molecule has 2 rings (SSSR count). The van der Waals surface area contributed by atoms with E-state index in [0.717, 1.165) is 12.5 Å². The van der Waals surface area contributed by atoms with E-state index in [1.54, 1.807) is 0 Å². The fraction of sp³-hybridized carbons (Fsp3) is 1.00. The van der Waals surface area contributed by atoms with Gasteiger partial charge in [0.2, 0.25) is 0 Å². The number of rotatable bonds is 0. The molecule has 1 heteroatoms. The molecule has 1 nitrogen and oxygen atoms in total. The summed E-state index contributed by atoms with van der Waals surface area (Å²) in [6.07, 6.45) is 4.88. The lowest BCUT2D eigenvalue weighted by Crippen LogP contribution is -2.34. The summed E-state index contributed by atoms with van der Waals surface area (Å²) in [6, 6.07) is 0. The lowest BCUT2D eigenvalue weighted by Gasteiger charge is -2.30. The van der Waals surface area contributed by atoms with E-state index in [-0.39, 0.29) is 0 Å². The van der Waals surface area contributed by atoms with Crippen LogP contribution in [0.1, 0.15) is 19.3 Å². The summed E-state index contributed by atoms with van der Waals surface area (Å²) in [6.45, 7) is 1.06. The molecule has 0 radical (unpaired) electrons. The van der Waals surface area contributed by atoms with Crippen LogP contribution < -0.4 is 0 Å². The molecule has 0 aromatic heterocycles. The maximum atomic E-state index is 5.25. The summed E-state index contributed by atoms with van der Waals surface area (Å²) >= 11 is 0. The first kappa shape index (κ1) is 3.90. The van der Waals surface area contributed by atoms with Crippen LogP contribution in [0.2, 0.25) is 0 Å². The molecule has 0 aromatic rings. The molecule has 0 spiro atoms. The van der Waals surface area contributed by atoms with Gasteiger partial charge in [-0.25, -0.2) is 0 Å². The molecule has 2 aliphatic rings. The molecule has 0 bridgehead atoms. The maximum absolute atomic E-state index is 5.25. The predicted molar refractivity (Wildman–Crippen MR) is 27.1 cm³/mol. The number of fused-ring (bicyclic) bond motifs is 1. The number of ether oxygens (including phenoxy) is 1. The summed E-state index contributed by atoms with van der Waals surface area (Å²) < 4.78 is 5.25. The molecular weight excluding hydrogens is 88.1 g/mol. The van der Waals surface area contributed by atoms with E-state index in [4.69, 9.17) is 4.74 Å². The highest BCUT2D eigenvalue weighted by atomic mass is 16.5. The SMILES string of the molecule is C1CC2COC2C1. The third-order valence-corrected chi connectivity index (χ3v) is 2.11. The van der Waals surface area contributed by atoms with Crippen molar-refractivity contribution in [1.82, 2.24) is 0 Å². The zero-order valence-corrected chi connectivity index (χ0v) is 4.39. The van der Waals surface area contributed by atoms with Crippen LogP contribution in [0.25, 0.3) is 0 Å². The van der Waals surface area contributed by atoms with Crippen molar-refractivity contribution in [2.75, 3.05) is 6.61 Å². The average molecular weight is 98.1 g/mol. The lowest BCUT2D eigenvalue weighted by molar-refractivity contribution is -0.0940. The number of hydrogen-bond donors (Lipinski definition) is 0. The van der Waals surface area contributed by atoms with E-state index < -0.39 is 0 Å². The summed E-state index contributed by atoms with van der Waals surface area (Å²) in [4.78, 5) is 0. The lowest BCUT2D eigenvalue weighted by atomic mass is 10.0. The standard InChI is InChI=1S/C6H10O/c1-2-5-4-7-6(5)3-1/h5-6H,1-4H2. The van der Waals surface area contributed by atoms with Crippen molar-refractivity contribution in [3.05, 3.63) is 0 Å². The minimum absolute atomic E-state index is 0.694. The van der Waals surface area contributed by atoms with Crippen LogP contribution in [0.3, 0.4) is 0 Å². The topological polar surface area (TPSA) is 9.23 Å². The van der Waals surface area contributed by atoms with Gasteiger partial charge in [0.15, 0.2) is 0 Å². The van der Waals surface area contributed by atoms with Crippen LogP contribution in [0.5, 0.6) is 0 Å². The van der Waals surface area contributed by atoms with Crippen molar-refractivity contribution in [3.8, 4) is 0 Å². The van der Waals surface area contributed by atoms with Gasteiger partial charge in [0, 0.05) is 5.92 Å². The smallest absolute Gasteiger partial charge is 0.0625 e. The van der Waals surface area contributed by atoms with Crippen molar-refractivity contribution in [2.24, 2.45) is 5.92 Å². The molecule has 0 amide bonds. The molecule has 1 saturated heterocycles. The maximum Gasteiger partial charge on any atom is 0.0625 e. The third kappa shape index (κ3) is 0.418. The van der Waals surface area contributed by atoms with Gasteiger partial charge in [-0.3, -0.25) is 0 Å². The van der Waals surface area contributed by atoms with Gasteiger partial charge in [0.25, 0.3) is 0 Å². The van der Waals surface area contributed by atoms with Crippen LogP contribution in [-0.2, 0) is 4.74 Å². The second kappa shape index (κ2) is 1.22. The summed E-state index contributed by atoms with van der Waals surface area (Å²) in [5.74, 6) is 0.972. The van der Waals surface area contributed by atoms with Crippen molar-refractivity contribution in [2.45, 2.75) is 25.4 Å². The van der Waals surface area contributed by atoms with Gasteiger partial charge >= 0.3 is 0 Å². The van der Waals surface area contributed by atoms with Gasteiger partial charge in [0.1, 0.15) is 0 Å². The van der Waals surface area contributed by atoms with Crippen LogP contribution in [0, 0.1) is 5.92 Å². The van der Waals surface area contributed by atoms with Gasteiger partial charge in [-0.2, -0.15) is 0 Å². The molecule has 1 heterocycles. The molecule has 1 saturated carbocycles. The molecule has 2 fully saturated rings. The van der Waals surface area contributed by atoms with Crippen molar-refractivity contribution >= 4 is 0 Å². The fourth-order valence-corrected chi connectivity index (χ4v) is 1.54. The Hall–Kier alpha value is -0.0400. The zero-order chi connectivity index (χ0) is 4.69. The quantitative estimate of drug-likeness (QED) is 0.442. The molecule has 2 atom stereocenters. The molecule has 40 valence electrons. The van der Waals surface area contributed by atoms with Gasteiger partial charge in [-0.15, -0.1) is 0 Å². The Balaban J connectivity index is 2.03. The second-order valence-corrected chi connectivity index (χ2v) is 2.56. The van der Waals surface area contributed by atoms with Gasteiger partial charge in [-0.05, 0) is 12.8 Å². The predicted octanol–water partition coefficient (Wildman–Crippen LogP) is 1.19. The second-order valence-electron chi connectivity index (χ2n) is 2.56. The summed E-state index contributed by atoms with van der Waals surface area (Å²) in [5, 5.41) is 0. The largest absolute Gasteiger partial charge is 0.377 e. The number of hydrogen-bond acceptors (Lipinski definition) is 1. The Morgan fingerprint density at radius 2 is 2.29 bits per heavy atom. The fourth-order valence-electron chi connectivity index (χ4n) is 1.54. The first-order valence-electron chi connectivity index (χ1n) is 3.08. The summed E-state index contributed by atoms with van der Waals surface area (Å²) in [7, 11) is 0. The van der Waals surface area contributed by atoms with E-state index in [0.29, 0.717) is 6.10 Å². The summed E-state index contributed by atoms with van der Waals surface area (Å²) in [5.41, 5.74) is 0. The van der Waals surface area contributed by atoms with Crippen molar-refractivity contribution in [3.63, 3.8) is 0 Å². The minimum Gasteiger partial charge on any atom is -0.377 e. The Kier molecular flexibility index (Phi) is 0.680. The van der Waals surface area contributed by atoms with Crippen LogP contribution >= 0.6 is 0 Å². The average Bonchev–Trinajstić information content (AvgIpc) is 1.85. The van der Waals surface area contributed by atoms with E-state index in [2.05, 4.69) is 0 Å². The highest BCUT2D eigenvalue weighted by Crippen LogP contribution is 2.35. The normalized spacial score (nSPS) is 48.0. The monoisotopic (exact) mass is 98.1 g/mol. The Bertz CT molecular complexity index is 70.2. The van der Waals surface area contributed by atoms with Gasteiger partial charge < -0.3 is 4.74 Å². The molecular formula is C6H10O. The molecule has 7 heavy (non-hydrogen) atoms. The molecule has 0 N–H and O–H groups in total. The molecule has 2 unspecified atom stereocenters. The molecule has 0 aromatic carbocycles. The van der Waals surface area contributed by atoms with E-state index in [1.165, 1.54) is 19.3 Å². The van der Waals surface area contributed by atoms with Gasteiger partial charge in [0.05, 0.1) is 12.7 Å². The first-order chi connectivity index (χ1) is 3.47. The zero-order valence-electron chi connectivity index (χ0n) is 4.39. The minimum atomic E-state index is 0.694. The molecule has 1 aliphatic heterocycles. The van der Waals surface area contributed by atoms with Crippen molar-refractivity contribution in [1.29, 1.82) is 0 Å². The highest BCUT2D eigenvalue weighted by molar-refractivity contribution is 4.84. The van der Waals surface area contributed by atoms with E-state index in [1.807, 2.05) is 0 Å². The van der Waals surface area contributed by atoms with E-state index >= 15 is 0 Å². The van der Waals surface area contributed by atoms with E-state index in [9.17, 15) is 0 Å². The first-order valence-corrected chi connectivity index (χ1v) is 3.08. The Morgan fingerprint density at radius 1 is 1.29 bits per heavy atom. The van der Waals surface area contributed by atoms with Gasteiger partial charge in [-0.1, -0.05) is 6.42 Å². The van der Waals surface area contributed by atoms with Crippen LogP contribution in [0.4, 0.5) is 0 Å². The Morgan fingerprint density at radius 3 is 2.57 bits per heavy atom. The Labute approximate surface area is 43.7 Å². The molecule has 1 aliphatic carbocycles. The van der Waals surface area contributed by atoms with Crippen molar-refractivity contribution < 1.29 is 4.74 Å². The highest BCUT2D eigenvalue weighted by Gasteiger charge is 2.35. The van der Waals surface area contributed by atoms with Crippen LogP contribution in [0.15, 0.2) is 0 Å². The van der Waals surface area contributed by atoms with Crippen LogP contribution in [-0.4, -0.2) is 12.7 Å². The third-order valence-electron chi connectivity index (χ3n) is 2.11.